The lowest BCUT2D eigenvalue weighted by Crippen LogP contribution is -2.95. The first-order chi connectivity index (χ1) is 4.88. The van der Waals surface area contributed by atoms with Crippen molar-refractivity contribution in [3.8, 4) is 0 Å². The van der Waals surface area contributed by atoms with Gasteiger partial charge in [-0.2, -0.15) is 0 Å². The predicted octanol–water partition coefficient (Wildman–Crippen LogP) is 0.342. The minimum absolute atomic E-state index is 0.871. The number of hydrogen-bond donors (Lipinski definition) is 1. The van der Waals surface area contributed by atoms with Crippen LogP contribution in [0.4, 0.5) is 5.69 Å². The van der Waals surface area contributed by atoms with Gasteiger partial charge < -0.3 is 5.01 Å². The van der Waals surface area contributed by atoms with E-state index in [1.165, 1.54) is 5.56 Å². The van der Waals surface area contributed by atoms with Crippen LogP contribution in [0.25, 0.3) is 0 Å². The number of fused-ring (bicyclic) bond motifs is 1. The summed E-state index contributed by atoms with van der Waals surface area (Å²) in [6.07, 6.45) is 1.84. The summed E-state index contributed by atoms with van der Waals surface area (Å²) in [7, 11) is 3.80. The highest BCUT2D eigenvalue weighted by atomic mass is 15.4. The Labute approximate surface area is 59.8 Å². The number of para-hydroxylation sites is 1. The molecule has 0 aliphatic carbocycles. The first kappa shape index (κ1) is 5.62. The van der Waals surface area contributed by atoms with Gasteiger partial charge in [-0.05, 0) is 12.1 Å². The lowest BCUT2D eigenvalue weighted by molar-refractivity contribution is -0.786. The van der Waals surface area contributed by atoms with Gasteiger partial charge in [0.05, 0.1) is 11.8 Å². The van der Waals surface area contributed by atoms with Crippen molar-refractivity contribution in [1.29, 1.82) is 0 Å². The molecule has 50 valence electrons. The highest BCUT2D eigenvalue weighted by molar-refractivity contribution is 5.86. The smallest absolute Gasteiger partial charge is 0.139 e. The molecular weight excluding hydrogens is 124 g/mol. The van der Waals surface area contributed by atoms with Gasteiger partial charge in [0.1, 0.15) is 5.69 Å². The topological polar surface area (TPSA) is 16.8 Å². The average Bonchev–Trinajstić information content (AvgIpc) is 2.34. The number of quaternary nitrogens is 1. The maximum Gasteiger partial charge on any atom is 0.139 e. The molecule has 1 aromatic carbocycles. The summed E-state index contributed by atoms with van der Waals surface area (Å²) in [5, 5.41) is 4.96. The lowest BCUT2D eigenvalue weighted by Gasteiger charge is -2.06. The second kappa shape index (κ2) is 1.92. The van der Waals surface area contributed by atoms with Gasteiger partial charge in [0, 0.05) is 0 Å². The van der Waals surface area contributed by atoms with Crippen LogP contribution in [0.3, 0.4) is 0 Å². The van der Waals surface area contributed by atoms with Crippen molar-refractivity contribution in [3.63, 3.8) is 0 Å². The Bertz CT molecular complexity index is 278. The van der Waals surface area contributed by atoms with Crippen LogP contribution in [0.1, 0.15) is 5.56 Å². The number of benzene rings is 1. The van der Waals surface area contributed by atoms with Gasteiger partial charge in [-0.1, -0.05) is 12.1 Å². The van der Waals surface area contributed by atoms with Gasteiger partial charge in [0.2, 0.25) is 0 Å². The third-order valence-electron chi connectivity index (χ3n) is 1.63. The van der Waals surface area contributed by atoms with Crippen LogP contribution in [-0.4, -0.2) is 6.21 Å². The van der Waals surface area contributed by atoms with Gasteiger partial charge in [0.15, 0.2) is 0 Å². The monoisotopic (exact) mass is 132 g/mol. The van der Waals surface area contributed by atoms with E-state index in [2.05, 4.69) is 12.1 Å². The molecule has 1 heterocycles. The van der Waals surface area contributed by atoms with Crippen molar-refractivity contribution in [2.24, 2.45) is 5.10 Å². The molecule has 0 bridgehead atoms. The Hall–Kier alpha value is -1.15. The largest absolute Gasteiger partial charge is 0.306 e. The Morgan fingerprint density at radius 2 is 2.10 bits per heavy atom. The van der Waals surface area contributed by atoms with Gasteiger partial charge >= 0.3 is 0 Å². The van der Waals surface area contributed by atoms with Crippen LogP contribution in [-0.2, 0) is 0 Å². The Morgan fingerprint density at radius 3 is 2.90 bits per heavy atom. The molecular formula is C8H8N2. The molecule has 10 heavy (non-hydrogen) atoms. The third kappa shape index (κ3) is 0.660. The zero-order chi connectivity index (χ0) is 6.97. The standard InChI is InChI=1S/C8H8N2/c1-10-8-5-3-2-4-7(8)6-9-10/h2-6,10H,1H2. The molecule has 1 aliphatic rings. The predicted molar refractivity (Wildman–Crippen MR) is 40.0 cm³/mol. The van der Waals surface area contributed by atoms with Crippen LogP contribution in [0.15, 0.2) is 29.4 Å². The van der Waals surface area contributed by atoms with E-state index in [0.29, 0.717) is 0 Å². The summed E-state index contributed by atoms with van der Waals surface area (Å²) in [5.41, 5.74) is 2.33. The molecule has 0 aromatic heterocycles. The molecule has 1 aromatic rings. The van der Waals surface area contributed by atoms with E-state index in [1.54, 1.807) is 0 Å². The van der Waals surface area contributed by atoms with Gasteiger partial charge in [-0.3, -0.25) is 0 Å². The van der Waals surface area contributed by atoms with E-state index in [1.807, 2.05) is 30.5 Å². The van der Waals surface area contributed by atoms with Crippen LogP contribution < -0.4 is 5.01 Å². The summed E-state index contributed by atoms with van der Waals surface area (Å²) in [6, 6.07) is 8.07. The molecule has 1 unspecified atom stereocenters. The van der Waals surface area contributed by atoms with E-state index in [9.17, 15) is 0 Å². The zero-order valence-electron chi connectivity index (χ0n) is 5.54. The number of nitrogens with zero attached hydrogens (tertiary/aromatic N) is 1. The zero-order valence-corrected chi connectivity index (χ0v) is 5.54. The molecule has 2 nitrogen and oxygen atoms in total. The molecule has 1 N–H and O–H groups in total. The van der Waals surface area contributed by atoms with Gasteiger partial charge in [0.25, 0.3) is 0 Å². The molecule has 2 heteroatoms. The fraction of sp³-hybridized carbons (Fsp3) is 0. The first-order valence-corrected chi connectivity index (χ1v) is 3.20. The van der Waals surface area contributed by atoms with E-state index in [0.717, 1.165) is 10.7 Å². The van der Waals surface area contributed by atoms with Gasteiger partial charge in [-0.15, -0.1) is 12.1 Å². The second-order valence-corrected chi connectivity index (χ2v) is 2.29. The molecule has 0 amide bonds. The highest BCUT2D eigenvalue weighted by Gasteiger charge is 2.10. The van der Waals surface area contributed by atoms with Crippen molar-refractivity contribution in [1.82, 2.24) is 0 Å². The van der Waals surface area contributed by atoms with E-state index >= 15 is 0 Å². The average molecular weight is 132 g/mol. The molecule has 0 fully saturated rings. The number of rotatable bonds is 0. The van der Waals surface area contributed by atoms with Crippen LogP contribution >= 0.6 is 0 Å². The number of hydrogen-bond acceptors (Lipinski definition) is 1. The Balaban J connectivity index is 2.59. The fourth-order valence-corrected chi connectivity index (χ4v) is 1.09. The summed E-state index contributed by atoms with van der Waals surface area (Å²) >= 11 is 0. The van der Waals surface area contributed by atoms with Crippen LogP contribution in [0.2, 0.25) is 0 Å². The molecule has 0 saturated carbocycles. The highest BCUT2D eigenvalue weighted by Crippen LogP contribution is 2.10. The van der Waals surface area contributed by atoms with Crippen molar-refractivity contribution >= 4 is 11.9 Å². The molecule has 1 atom stereocenters. The summed E-state index contributed by atoms with van der Waals surface area (Å²) in [5.74, 6) is 0. The first-order valence-electron chi connectivity index (χ1n) is 3.20. The van der Waals surface area contributed by atoms with Crippen molar-refractivity contribution in [3.05, 3.63) is 36.9 Å². The van der Waals surface area contributed by atoms with Gasteiger partial charge in [-0.25, -0.2) is 0 Å². The molecule has 0 spiro atoms. The quantitative estimate of drug-likeness (QED) is 0.490. The van der Waals surface area contributed by atoms with Crippen molar-refractivity contribution in [2.45, 2.75) is 0 Å². The van der Waals surface area contributed by atoms with Crippen molar-refractivity contribution < 1.29 is 5.01 Å². The Kier molecular flexibility index (Phi) is 1.08. The summed E-state index contributed by atoms with van der Waals surface area (Å²) in [6.45, 7) is 0. The maximum absolute atomic E-state index is 4.08. The number of nitrogens with one attached hydrogen (secondary N) is 1. The van der Waals surface area contributed by atoms with E-state index in [4.69, 9.17) is 0 Å². The molecule has 1 aliphatic heterocycles. The Morgan fingerprint density at radius 1 is 1.30 bits per heavy atom. The minimum Gasteiger partial charge on any atom is -0.306 e. The SMILES string of the molecule is [CH2-][NH+]1N=Cc2ccccc21. The summed E-state index contributed by atoms with van der Waals surface area (Å²) in [4.78, 5) is 0. The molecule has 0 radical (unpaired) electrons. The minimum atomic E-state index is 0.871. The second-order valence-electron chi connectivity index (χ2n) is 2.29. The lowest BCUT2D eigenvalue weighted by atomic mass is 10.2. The summed E-state index contributed by atoms with van der Waals surface area (Å²) < 4.78 is 0. The third-order valence-corrected chi connectivity index (χ3v) is 1.63. The molecule has 2 rings (SSSR count). The normalized spacial score (nSPS) is 21.1. The van der Waals surface area contributed by atoms with E-state index in [-0.39, 0.29) is 0 Å². The maximum atomic E-state index is 4.08. The van der Waals surface area contributed by atoms with E-state index < -0.39 is 0 Å². The van der Waals surface area contributed by atoms with Crippen molar-refractivity contribution in [2.75, 3.05) is 0 Å². The van der Waals surface area contributed by atoms with Crippen LogP contribution in [0, 0.1) is 7.05 Å². The van der Waals surface area contributed by atoms with Crippen LogP contribution in [0.5, 0.6) is 0 Å². The fourth-order valence-electron chi connectivity index (χ4n) is 1.09. The molecule has 0 saturated heterocycles.